The summed E-state index contributed by atoms with van der Waals surface area (Å²) in [5, 5.41) is 8.47. The van der Waals surface area contributed by atoms with Gasteiger partial charge in [-0.05, 0) is 53.4 Å². The normalized spacial score (nSPS) is 13.4. The summed E-state index contributed by atoms with van der Waals surface area (Å²) in [6, 6.07) is 11.4. The summed E-state index contributed by atoms with van der Waals surface area (Å²) >= 11 is 6.11. The molecular weight excluding hydrogens is 693 g/mol. The average molecular weight is 726 g/mol. The molecule has 0 aliphatic carbocycles. The highest BCUT2D eigenvalue weighted by atomic mass is 35.5. The summed E-state index contributed by atoms with van der Waals surface area (Å²) in [5.74, 6) is -13.3. The van der Waals surface area contributed by atoms with Gasteiger partial charge in [-0.1, -0.05) is 55.8 Å². The summed E-state index contributed by atoms with van der Waals surface area (Å²) in [6.07, 6.45) is -3.80. The molecule has 0 spiro atoms. The Morgan fingerprint density at radius 3 is 2.10 bits per heavy atom. The molecule has 3 unspecified atom stereocenters. The van der Waals surface area contributed by atoms with Crippen molar-refractivity contribution in [1.82, 2.24) is 26.3 Å². The van der Waals surface area contributed by atoms with E-state index in [1.165, 1.54) is 57.5 Å². The van der Waals surface area contributed by atoms with Crippen molar-refractivity contribution in [2.45, 2.75) is 50.5 Å². The van der Waals surface area contributed by atoms with Crippen LogP contribution < -0.4 is 26.0 Å². The molecule has 3 rings (SSSR count). The summed E-state index contributed by atoms with van der Waals surface area (Å²) < 4.78 is 72.5. The number of nitrogens with one attached hydrogen (secondary N) is 4. The lowest BCUT2D eigenvalue weighted by Gasteiger charge is -2.28. The topological polar surface area (TPSA) is 156 Å². The molecule has 268 valence electrons. The number of carbonyl (C=O) groups excluding carboxylic acids is 5. The molecule has 0 radical (unpaired) electrons. The number of nitrogens with zero attached hydrogens (tertiary/aromatic N) is 1. The number of methoxy groups -OCH3 is 1. The Kier molecular flexibility index (Phi) is 13.4. The third-order valence-electron chi connectivity index (χ3n) is 7.14. The third kappa shape index (κ3) is 10.9. The van der Waals surface area contributed by atoms with Crippen LogP contribution in [0.1, 0.15) is 41.5 Å². The minimum Gasteiger partial charge on any atom is -0.497 e. The summed E-state index contributed by atoms with van der Waals surface area (Å²) in [7, 11) is 1.37. The zero-order valence-corrected chi connectivity index (χ0v) is 27.6. The van der Waals surface area contributed by atoms with Gasteiger partial charge in [-0.2, -0.15) is 22.0 Å². The number of ether oxygens (including phenoxy) is 1. The highest BCUT2D eigenvalue weighted by molar-refractivity contribution is 6.30. The number of hydrogen-bond donors (Lipinski definition) is 4. The molecule has 1 heterocycles. The van der Waals surface area contributed by atoms with E-state index in [0.717, 1.165) is 5.32 Å². The van der Waals surface area contributed by atoms with Crippen molar-refractivity contribution in [1.29, 1.82) is 0 Å². The quantitative estimate of drug-likeness (QED) is 0.137. The first-order valence-corrected chi connectivity index (χ1v) is 15.3. The van der Waals surface area contributed by atoms with Crippen molar-refractivity contribution in [3.05, 3.63) is 94.8 Å². The van der Waals surface area contributed by atoms with Gasteiger partial charge >= 0.3 is 12.1 Å². The first-order valence-electron chi connectivity index (χ1n) is 14.9. The van der Waals surface area contributed by atoms with E-state index >= 15 is 0 Å². The smallest absolute Gasteiger partial charge is 0.405 e. The van der Waals surface area contributed by atoms with Crippen LogP contribution in [-0.4, -0.2) is 72.2 Å². The monoisotopic (exact) mass is 725 g/mol. The number of ketones is 1. The SMILES string of the molecule is COc1ccc(C(NC(=O)C(Cc2cccc(Cl)c2)NC(=O)c2ccccn2)C(=O)NC(C(=O)C(F)(F)C(=O)NCC(F)(F)F)C(C)C)cc1. The van der Waals surface area contributed by atoms with Crippen LogP contribution in [0.3, 0.4) is 0 Å². The van der Waals surface area contributed by atoms with E-state index in [1.807, 2.05) is 0 Å². The number of aromatic nitrogens is 1. The fourth-order valence-electron chi connectivity index (χ4n) is 4.55. The lowest BCUT2D eigenvalue weighted by Crippen LogP contribution is -2.58. The van der Waals surface area contributed by atoms with E-state index in [4.69, 9.17) is 16.3 Å². The number of Topliss-reactive ketones (excluding diaryl/α,β-unsaturated/α-hetero) is 1. The molecule has 11 nitrogen and oxygen atoms in total. The molecule has 4 N–H and O–H groups in total. The summed E-state index contributed by atoms with van der Waals surface area (Å²) in [4.78, 5) is 69.5. The second-order valence-corrected chi connectivity index (χ2v) is 11.7. The van der Waals surface area contributed by atoms with E-state index in [-0.39, 0.29) is 17.7 Å². The van der Waals surface area contributed by atoms with Gasteiger partial charge in [0.1, 0.15) is 30.1 Å². The van der Waals surface area contributed by atoms with Crippen molar-refractivity contribution in [3.8, 4) is 5.75 Å². The third-order valence-corrected chi connectivity index (χ3v) is 7.37. The van der Waals surface area contributed by atoms with Gasteiger partial charge < -0.3 is 26.0 Å². The van der Waals surface area contributed by atoms with E-state index < -0.39 is 72.1 Å². The molecule has 0 bridgehead atoms. The highest BCUT2D eigenvalue weighted by Gasteiger charge is 2.52. The van der Waals surface area contributed by atoms with Gasteiger partial charge in [0.05, 0.1) is 13.2 Å². The lowest BCUT2D eigenvalue weighted by molar-refractivity contribution is -0.165. The van der Waals surface area contributed by atoms with Gasteiger partial charge in [0.25, 0.3) is 11.8 Å². The minimum absolute atomic E-state index is 0.0284. The number of benzene rings is 2. The van der Waals surface area contributed by atoms with Gasteiger partial charge in [-0.15, -0.1) is 0 Å². The van der Waals surface area contributed by atoms with Crippen LogP contribution >= 0.6 is 11.6 Å². The Labute approximate surface area is 288 Å². The van der Waals surface area contributed by atoms with E-state index in [1.54, 1.807) is 36.4 Å². The molecule has 0 aliphatic heterocycles. The molecule has 0 saturated heterocycles. The van der Waals surface area contributed by atoms with Crippen molar-refractivity contribution in [3.63, 3.8) is 0 Å². The molecule has 2 aromatic carbocycles. The number of pyridine rings is 1. The molecule has 4 amide bonds. The first kappa shape index (κ1) is 39.3. The number of hydrogen-bond acceptors (Lipinski definition) is 7. The second-order valence-electron chi connectivity index (χ2n) is 11.3. The second kappa shape index (κ2) is 17.0. The predicted molar refractivity (Wildman–Crippen MR) is 170 cm³/mol. The van der Waals surface area contributed by atoms with Gasteiger partial charge in [-0.3, -0.25) is 29.0 Å². The molecule has 3 atom stereocenters. The molecule has 0 aliphatic rings. The maximum absolute atomic E-state index is 14.8. The van der Waals surface area contributed by atoms with Crippen molar-refractivity contribution >= 4 is 41.0 Å². The number of rotatable bonds is 15. The Morgan fingerprint density at radius 1 is 0.860 bits per heavy atom. The van der Waals surface area contributed by atoms with Crippen LogP contribution in [-0.2, 0) is 25.6 Å². The summed E-state index contributed by atoms with van der Waals surface area (Å²) in [6.45, 7) is 0.385. The van der Waals surface area contributed by atoms with Crippen LogP contribution in [0.4, 0.5) is 22.0 Å². The molecule has 0 saturated carbocycles. The van der Waals surface area contributed by atoms with Crippen LogP contribution in [0.25, 0.3) is 0 Å². The summed E-state index contributed by atoms with van der Waals surface area (Å²) in [5.41, 5.74) is 0.569. The fraction of sp³-hybridized carbons (Fsp3) is 0.333. The molecule has 0 fully saturated rings. The molecular formula is C33H33ClF5N5O6. The Bertz CT molecular complexity index is 1680. The Morgan fingerprint density at radius 2 is 1.54 bits per heavy atom. The van der Waals surface area contributed by atoms with Crippen molar-refractivity contribution in [2.75, 3.05) is 13.7 Å². The van der Waals surface area contributed by atoms with Gasteiger partial charge in [0.2, 0.25) is 17.6 Å². The standard InChI is InChI=1S/C33H33ClF5N5O6/c1-18(2)25(27(45)33(38,39)31(49)41-17-32(35,36)37)43-30(48)26(20-10-12-22(50-3)13-11-20)44-29(47)24(16-19-7-6-8-21(34)15-19)42-28(46)23-9-4-5-14-40-23/h4-15,18,24-26H,16-17H2,1-3H3,(H,41,49)(H,42,46)(H,43,48)(H,44,47). The van der Waals surface area contributed by atoms with Crippen LogP contribution in [0.5, 0.6) is 5.75 Å². The average Bonchev–Trinajstić information content (AvgIpc) is 3.07. The Hall–Kier alpha value is -5.12. The number of carbonyl (C=O) groups is 5. The Balaban J connectivity index is 1.95. The van der Waals surface area contributed by atoms with Crippen LogP contribution in [0.2, 0.25) is 5.02 Å². The van der Waals surface area contributed by atoms with E-state index in [0.29, 0.717) is 16.3 Å². The number of alkyl halides is 5. The molecule has 50 heavy (non-hydrogen) atoms. The van der Waals surface area contributed by atoms with E-state index in [9.17, 15) is 45.9 Å². The predicted octanol–water partition coefficient (Wildman–Crippen LogP) is 3.97. The molecule has 17 heteroatoms. The highest BCUT2D eigenvalue weighted by Crippen LogP contribution is 2.24. The van der Waals surface area contributed by atoms with Crippen LogP contribution in [0.15, 0.2) is 72.9 Å². The maximum Gasteiger partial charge on any atom is 0.405 e. The lowest BCUT2D eigenvalue weighted by atomic mass is 9.94. The van der Waals surface area contributed by atoms with Gasteiger partial charge in [0.15, 0.2) is 0 Å². The van der Waals surface area contributed by atoms with E-state index in [2.05, 4.69) is 20.9 Å². The molecule has 1 aromatic heterocycles. The zero-order chi connectivity index (χ0) is 37.2. The van der Waals surface area contributed by atoms with Gasteiger partial charge in [-0.25, -0.2) is 0 Å². The van der Waals surface area contributed by atoms with Crippen molar-refractivity contribution in [2.24, 2.45) is 5.92 Å². The number of amides is 4. The van der Waals surface area contributed by atoms with Crippen LogP contribution in [0, 0.1) is 5.92 Å². The minimum atomic E-state index is -5.04. The fourth-order valence-corrected chi connectivity index (χ4v) is 4.76. The first-order chi connectivity index (χ1) is 23.4. The molecule has 3 aromatic rings. The van der Waals surface area contributed by atoms with Crippen molar-refractivity contribution < 1.29 is 50.7 Å². The van der Waals surface area contributed by atoms with Gasteiger partial charge in [0, 0.05) is 17.6 Å². The largest absolute Gasteiger partial charge is 0.497 e. The maximum atomic E-state index is 14.8. The zero-order valence-electron chi connectivity index (χ0n) is 26.8. The number of halogens is 6.